The van der Waals surface area contributed by atoms with E-state index in [2.05, 4.69) is 52.8 Å². The quantitative estimate of drug-likeness (QED) is 0.107. The number of aromatic amines is 1. The molecule has 2 aliphatic rings. The number of hydrogen-bond acceptors (Lipinski definition) is 7. The lowest BCUT2D eigenvalue weighted by Gasteiger charge is -2.37. The van der Waals surface area contributed by atoms with Crippen molar-refractivity contribution in [2.45, 2.75) is 69.6 Å². The first-order valence-electron chi connectivity index (χ1n) is 19.4. The number of aromatic nitrogens is 4. The van der Waals surface area contributed by atoms with Crippen molar-refractivity contribution in [2.75, 3.05) is 23.9 Å². The molecule has 0 radical (unpaired) electrons. The predicted octanol–water partition coefficient (Wildman–Crippen LogP) is 6.99. The molecule has 11 nitrogen and oxygen atoms in total. The van der Waals surface area contributed by atoms with Gasteiger partial charge in [0.15, 0.2) is 5.60 Å². The van der Waals surface area contributed by atoms with Crippen LogP contribution < -0.4 is 20.1 Å². The minimum Gasteiger partial charge on any atom is -0.497 e. The Morgan fingerprint density at radius 1 is 1.07 bits per heavy atom. The number of H-pyrrole nitrogens is 1. The maximum absolute atomic E-state index is 15.2. The number of methoxy groups -OCH3 is 1. The number of carbonyl (C=O) groups is 2. The van der Waals surface area contributed by atoms with Gasteiger partial charge < -0.3 is 29.8 Å². The summed E-state index contributed by atoms with van der Waals surface area (Å²) in [6, 6.07) is 29.5. The third-order valence-corrected chi connectivity index (χ3v) is 16.6. The summed E-state index contributed by atoms with van der Waals surface area (Å²) in [5, 5.41) is 23.8. The van der Waals surface area contributed by atoms with Crippen molar-refractivity contribution >= 4 is 59.0 Å². The van der Waals surface area contributed by atoms with Crippen LogP contribution in [-0.2, 0) is 45.9 Å². The van der Waals surface area contributed by atoms with Crippen molar-refractivity contribution in [3.05, 3.63) is 131 Å². The van der Waals surface area contributed by atoms with Gasteiger partial charge >= 0.3 is 0 Å². The molecule has 2 aliphatic heterocycles. The fourth-order valence-corrected chi connectivity index (χ4v) is 13.4. The lowest BCUT2D eigenvalue weighted by atomic mass is 9.82. The second kappa shape index (κ2) is 15.6. The number of halogens is 1. The number of anilines is 2. The average molecular weight is 803 g/mol. The van der Waals surface area contributed by atoms with Crippen molar-refractivity contribution in [3.63, 3.8) is 0 Å². The van der Waals surface area contributed by atoms with Crippen molar-refractivity contribution in [1.82, 2.24) is 20.0 Å². The van der Waals surface area contributed by atoms with Crippen LogP contribution in [0.15, 0.2) is 103 Å². The SMILES string of the molecule is COc1ccc([Si](C)(C)[C@@H]2[C@@H](CCn3cc(CCO)nn3)O[C@]3(C(=O)N(Cc4ccc(NC(=O)Cc5c[nH]c6ccccc56)cc4)c4ccc(Cl)cc43)[C@H]2C)cc1. The average Bonchev–Trinajstić information content (AvgIpc) is 3.96. The zero-order valence-corrected chi connectivity index (χ0v) is 34.3. The molecule has 2 aromatic heterocycles. The molecule has 0 bridgehead atoms. The van der Waals surface area contributed by atoms with Crippen LogP contribution in [0.25, 0.3) is 10.9 Å². The van der Waals surface area contributed by atoms with Crippen LogP contribution in [0.2, 0.25) is 23.7 Å². The van der Waals surface area contributed by atoms with E-state index in [1.807, 2.05) is 96.2 Å². The number of carbonyl (C=O) groups excluding carboxylic acids is 2. The highest BCUT2D eigenvalue weighted by Gasteiger charge is 2.66. The lowest BCUT2D eigenvalue weighted by Crippen LogP contribution is -2.51. The van der Waals surface area contributed by atoms with Gasteiger partial charge in [-0.1, -0.05) is 84.5 Å². The summed E-state index contributed by atoms with van der Waals surface area (Å²) in [6.07, 6.45) is 4.76. The van der Waals surface area contributed by atoms with Crippen LogP contribution in [0.5, 0.6) is 5.75 Å². The number of benzene rings is 4. The largest absolute Gasteiger partial charge is 0.497 e. The van der Waals surface area contributed by atoms with Gasteiger partial charge in [0.1, 0.15) is 5.75 Å². The number of hydrogen-bond donors (Lipinski definition) is 3. The highest BCUT2D eigenvalue weighted by Crippen LogP contribution is 2.60. The Morgan fingerprint density at radius 3 is 2.60 bits per heavy atom. The second-order valence-electron chi connectivity index (χ2n) is 15.7. The van der Waals surface area contributed by atoms with Crippen LogP contribution in [0.3, 0.4) is 0 Å². The monoisotopic (exact) mass is 802 g/mol. The van der Waals surface area contributed by atoms with Crippen molar-refractivity contribution in [3.8, 4) is 5.75 Å². The highest BCUT2D eigenvalue weighted by molar-refractivity contribution is 6.91. The van der Waals surface area contributed by atoms with Gasteiger partial charge in [-0.25, -0.2) is 0 Å². The van der Waals surface area contributed by atoms with E-state index in [0.717, 1.165) is 44.7 Å². The first kappa shape index (κ1) is 38.6. The van der Waals surface area contributed by atoms with Gasteiger partial charge in [0.25, 0.3) is 5.91 Å². The molecule has 1 saturated heterocycles. The number of aliphatic hydroxyl groups is 1. The maximum atomic E-state index is 15.2. The predicted molar refractivity (Wildman–Crippen MR) is 225 cm³/mol. The molecule has 4 aromatic carbocycles. The van der Waals surface area contributed by atoms with Gasteiger partial charge in [-0.05, 0) is 71.6 Å². The van der Waals surface area contributed by atoms with E-state index in [1.165, 1.54) is 5.19 Å². The standard InChI is InChI=1S/C44H47ClN6O5Si/c1-28-42(57(3,4)35-16-14-34(55-2)15-17-35)40(19-21-50-27-33(20-22-52)48-49-50)56-44(28)37-24-31(45)11-18-39(37)51(43(44)54)26-29-9-12-32(13-10-29)47-41(53)23-30-25-46-38-8-6-5-7-36(30)38/h5-18,24-25,27-28,40,42,46,52H,19-23,26H2,1-4H3,(H,47,53)/t28-,40+,42-,44+/m0/s1. The summed E-state index contributed by atoms with van der Waals surface area (Å²) < 4.78 is 14.6. The van der Waals surface area contributed by atoms with Gasteiger partial charge in [0.2, 0.25) is 5.91 Å². The molecule has 57 heavy (non-hydrogen) atoms. The van der Waals surface area contributed by atoms with Crippen molar-refractivity contribution in [2.24, 2.45) is 5.92 Å². The van der Waals surface area contributed by atoms with E-state index < -0.39 is 13.7 Å². The minimum atomic E-state index is -2.36. The third-order valence-electron chi connectivity index (χ3n) is 12.0. The first-order valence-corrected chi connectivity index (χ1v) is 22.9. The van der Waals surface area contributed by atoms with Crippen molar-refractivity contribution < 1.29 is 24.2 Å². The van der Waals surface area contributed by atoms with Gasteiger partial charge in [-0.15, -0.1) is 5.10 Å². The Kier molecular flexibility index (Phi) is 10.5. The summed E-state index contributed by atoms with van der Waals surface area (Å²) in [5.74, 6) is 0.378. The zero-order valence-electron chi connectivity index (χ0n) is 32.5. The number of nitrogens with zero attached hydrogens (tertiary/aromatic N) is 4. The topological polar surface area (TPSA) is 135 Å². The Hall–Kier alpha value is -5.27. The van der Waals surface area contributed by atoms with E-state index in [9.17, 15) is 9.90 Å². The van der Waals surface area contributed by atoms with Crippen LogP contribution in [0.1, 0.15) is 35.7 Å². The Bertz CT molecular complexity index is 2410. The molecular weight excluding hydrogens is 756 g/mol. The number of rotatable bonds is 13. The summed E-state index contributed by atoms with van der Waals surface area (Å²) in [5.41, 5.74) is 4.60. The van der Waals surface area contributed by atoms with E-state index >= 15 is 4.79 Å². The summed E-state index contributed by atoms with van der Waals surface area (Å²) in [7, 11) is -0.695. The molecule has 4 atom stereocenters. The number of nitrogens with one attached hydrogen (secondary N) is 2. The van der Waals surface area contributed by atoms with Crippen molar-refractivity contribution in [1.29, 1.82) is 0 Å². The molecular formula is C44H47ClN6O5Si. The molecule has 4 heterocycles. The van der Waals surface area contributed by atoms with E-state index in [0.29, 0.717) is 36.6 Å². The van der Waals surface area contributed by atoms with Gasteiger partial charge in [0, 0.05) is 65.1 Å². The first-order chi connectivity index (χ1) is 27.5. The van der Waals surface area contributed by atoms with E-state index in [-0.39, 0.29) is 42.4 Å². The molecule has 294 valence electrons. The molecule has 1 spiro atoms. The smallest absolute Gasteiger partial charge is 0.264 e. The Labute approximate surface area is 338 Å². The third kappa shape index (κ3) is 7.16. The van der Waals surface area contributed by atoms with Crippen LogP contribution in [0.4, 0.5) is 11.4 Å². The number of amides is 2. The van der Waals surface area contributed by atoms with Crippen LogP contribution >= 0.6 is 11.6 Å². The lowest BCUT2D eigenvalue weighted by molar-refractivity contribution is -0.146. The van der Waals surface area contributed by atoms with Gasteiger partial charge in [-0.3, -0.25) is 14.3 Å². The summed E-state index contributed by atoms with van der Waals surface area (Å²) in [6.45, 7) is 7.74. The molecule has 0 saturated carbocycles. The number of ether oxygens (including phenoxy) is 2. The molecule has 6 aromatic rings. The molecule has 0 aliphatic carbocycles. The zero-order chi connectivity index (χ0) is 39.9. The highest BCUT2D eigenvalue weighted by atomic mass is 35.5. The van der Waals surface area contributed by atoms with Gasteiger partial charge in [-0.2, -0.15) is 0 Å². The fourth-order valence-electron chi connectivity index (χ4n) is 9.18. The fraction of sp³-hybridized carbons (Fsp3) is 0.318. The molecule has 2 amide bonds. The van der Waals surface area contributed by atoms with E-state index in [4.69, 9.17) is 21.1 Å². The number of aliphatic hydroxyl groups excluding tert-OH is 1. The summed E-state index contributed by atoms with van der Waals surface area (Å²) in [4.78, 5) is 33.3. The summed E-state index contributed by atoms with van der Waals surface area (Å²) >= 11 is 6.72. The van der Waals surface area contributed by atoms with E-state index in [1.54, 1.807) is 11.8 Å². The number of para-hydroxylation sites is 1. The normalized spacial score (nSPS) is 20.4. The molecule has 8 rings (SSSR count). The van der Waals surface area contributed by atoms with Crippen LogP contribution in [-0.4, -0.2) is 64.8 Å². The second-order valence-corrected chi connectivity index (χ2v) is 20.8. The minimum absolute atomic E-state index is 0.00196. The molecule has 0 unspecified atom stereocenters. The Balaban J connectivity index is 1.07. The molecule has 13 heteroatoms. The molecule has 3 N–H and O–H groups in total. The maximum Gasteiger partial charge on any atom is 0.264 e. The van der Waals surface area contributed by atoms with Gasteiger partial charge in [0.05, 0.1) is 45.6 Å². The van der Waals surface area contributed by atoms with Crippen LogP contribution in [0, 0.1) is 5.92 Å². The number of fused-ring (bicyclic) bond motifs is 3. The Morgan fingerprint density at radius 2 is 1.84 bits per heavy atom. The molecule has 1 fully saturated rings. The number of aryl methyl sites for hydroxylation is 1.